The molecule has 3 rings (SSSR count). The van der Waals surface area contributed by atoms with Gasteiger partial charge in [0.05, 0.1) is 10.0 Å². The van der Waals surface area contributed by atoms with E-state index in [1.54, 1.807) is 6.07 Å². The van der Waals surface area contributed by atoms with Gasteiger partial charge in [-0.15, -0.1) is 0 Å². The quantitative estimate of drug-likeness (QED) is 0.418. The van der Waals surface area contributed by atoms with E-state index in [1.807, 2.05) is 44.5 Å². The molecular weight excluding hydrogens is 415 g/mol. The smallest absolute Gasteiger partial charge is 0.344 e. The molecule has 0 radical (unpaired) electrons. The number of benzene rings is 1. The lowest BCUT2D eigenvalue weighted by Gasteiger charge is -2.12. The van der Waals surface area contributed by atoms with E-state index in [1.165, 1.54) is 6.07 Å². The number of pyridine rings is 1. The van der Waals surface area contributed by atoms with Crippen molar-refractivity contribution in [3.63, 3.8) is 0 Å². The molecule has 2 heterocycles. The largest absolute Gasteiger partial charge is 0.478 e. The Hall–Kier alpha value is -2.57. The zero-order chi connectivity index (χ0) is 21.3. The lowest BCUT2D eigenvalue weighted by atomic mass is 10.1. The standard InChI is InChI=1S/C21H20Cl2N2O4/c1-11-5-6-14-16(22)8-17(23)21(20(14)24-11)29-10-19(27)28-9-18(26)15-7-12(2)25(4)13(15)3/h5-8H,9-10H2,1-4H3. The highest BCUT2D eigenvalue weighted by atomic mass is 35.5. The predicted molar refractivity (Wildman–Crippen MR) is 112 cm³/mol. The van der Waals surface area contributed by atoms with Gasteiger partial charge in [0.1, 0.15) is 5.52 Å². The Morgan fingerprint density at radius 2 is 1.79 bits per heavy atom. The van der Waals surface area contributed by atoms with Crippen molar-refractivity contribution < 1.29 is 19.1 Å². The molecule has 2 aromatic heterocycles. The monoisotopic (exact) mass is 434 g/mol. The number of hydrogen-bond acceptors (Lipinski definition) is 5. The van der Waals surface area contributed by atoms with Crippen LogP contribution in [0.25, 0.3) is 10.9 Å². The number of aromatic nitrogens is 2. The lowest BCUT2D eigenvalue weighted by Crippen LogP contribution is -2.20. The van der Waals surface area contributed by atoms with Gasteiger partial charge in [-0.3, -0.25) is 4.79 Å². The Morgan fingerprint density at radius 1 is 1.07 bits per heavy atom. The van der Waals surface area contributed by atoms with Crippen LogP contribution in [-0.4, -0.2) is 34.5 Å². The molecule has 3 aromatic rings. The topological polar surface area (TPSA) is 70.4 Å². The fourth-order valence-electron chi connectivity index (χ4n) is 2.96. The third kappa shape index (κ3) is 4.38. The summed E-state index contributed by atoms with van der Waals surface area (Å²) in [4.78, 5) is 28.8. The van der Waals surface area contributed by atoms with Crippen molar-refractivity contribution in [3.05, 3.63) is 57.0 Å². The highest BCUT2D eigenvalue weighted by molar-refractivity contribution is 6.39. The molecule has 152 valence electrons. The molecule has 1 aromatic carbocycles. The summed E-state index contributed by atoms with van der Waals surface area (Å²) in [5, 5.41) is 1.33. The summed E-state index contributed by atoms with van der Waals surface area (Å²) in [6.45, 7) is 4.80. The molecule has 6 nitrogen and oxygen atoms in total. The van der Waals surface area contributed by atoms with Gasteiger partial charge in [0, 0.05) is 35.1 Å². The number of carbonyl (C=O) groups is 2. The van der Waals surface area contributed by atoms with Crippen LogP contribution in [0.1, 0.15) is 27.4 Å². The van der Waals surface area contributed by atoms with E-state index >= 15 is 0 Å². The molecule has 0 atom stereocenters. The summed E-state index contributed by atoms with van der Waals surface area (Å²) < 4.78 is 12.5. The SMILES string of the molecule is Cc1ccc2c(Cl)cc(Cl)c(OCC(=O)OCC(=O)c3cc(C)n(C)c3C)c2n1. The summed E-state index contributed by atoms with van der Waals surface area (Å²) in [6, 6.07) is 6.94. The van der Waals surface area contributed by atoms with Crippen molar-refractivity contribution in [3.8, 4) is 5.75 Å². The van der Waals surface area contributed by atoms with Gasteiger partial charge in [-0.2, -0.15) is 0 Å². The second kappa shape index (κ2) is 8.43. The third-order valence-corrected chi connectivity index (χ3v) is 5.34. The predicted octanol–water partition coefficient (Wildman–Crippen LogP) is 4.61. The number of carbonyl (C=O) groups excluding carboxylic acids is 2. The normalized spacial score (nSPS) is 11.0. The first-order valence-corrected chi connectivity index (χ1v) is 9.64. The number of halogens is 2. The number of rotatable bonds is 6. The zero-order valence-corrected chi connectivity index (χ0v) is 18.0. The fourth-order valence-corrected chi connectivity index (χ4v) is 3.53. The number of hydrogen-bond donors (Lipinski definition) is 0. The maximum absolute atomic E-state index is 12.3. The molecule has 0 aliphatic heterocycles. The summed E-state index contributed by atoms with van der Waals surface area (Å²) in [5.41, 5.74) is 3.52. The molecule has 0 saturated heterocycles. The van der Waals surface area contributed by atoms with Crippen molar-refractivity contribution in [1.29, 1.82) is 0 Å². The summed E-state index contributed by atoms with van der Waals surface area (Å²) in [5.74, 6) is -0.713. The molecule has 0 bridgehead atoms. The highest BCUT2D eigenvalue weighted by Gasteiger charge is 2.18. The second-order valence-corrected chi connectivity index (χ2v) is 7.55. The average Bonchev–Trinajstić information content (AvgIpc) is 2.93. The molecule has 0 unspecified atom stereocenters. The Morgan fingerprint density at radius 3 is 2.45 bits per heavy atom. The van der Waals surface area contributed by atoms with Gasteiger partial charge in [0.25, 0.3) is 0 Å². The van der Waals surface area contributed by atoms with Gasteiger partial charge < -0.3 is 14.0 Å². The van der Waals surface area contributed by atoms with E-state index in [9.17, 15) is 9.59 Å². The van der Waals surface area contributed by atoms with Crippen LogP contribution in [0.5, 0.6) is 5.75 Å². The van der Waals surface area contributed by atoms with Crippen molar-refractivity contribution >= 4 is 45.9 Å². The van der Waals surface area contributed by atoms with Gasteiger partial charge in [-0.25, -0.2) is 9.78 Å². The molecule has 0 aliphatic carbocycles. The molecule has 0 N–H and O–H groups in total. The highest BCUT2D eigenvalue weighted by Crippen LogP contribution is 2.37. The van der Waals surface area contributed by atoms with E-state index < -0.39 is 12.6 Å². The van der Waals surface area contributed by atoms with E-state index in [-0.39, 0.29) is 23.2 Å². The van der Waals surface area contributed by atoms with Gasteiger partial charge in [-0.05, 0) is 45.0 Å². The van der Waals surface area contributed by atoms with Crippen LogP contribution in [0.4, 0.5) is 0 Å². The minimum absolute atomic E-state index is 0.236. The lowest BCUT2D eigenvalue weighted by molar-refractivity contribution is -0.144. The number of ether oxygens (including phenoxy) is 2. The fraction of sp³-hybridized carbons (Fsp3) is 0.286. The van der Waals surface area contributed by atoms with E-state index in [4.69, 9.17) is 32.7 Å². The first-order chi connectivity index (χ1) is 13.7. The first-order valence-electron chi connectivity index (χ1n) is 8.89. The number of aryl methyl sites for hydroxylation is 2. The van der Waals surface area contributed by atoms with Gasteiger partial charge in [0.2, 0.25) is 5.78 Å². The van der Waals surface area contributed by atoms with Gasteiger partial charge in [-0.1, -0.05) is 23.2 Å². The number of nitrogens with zero attached hydrogens (tertiary/aromatic N) is 2. The minimum atomic E-state index is -0.685. The van der Waals surface area contributed by atoms with Crippen molar-refractivity contribution in [2.45, 2.75) is 20.8 Å². The Labute approximate surface area is 178 Å². The minimum Gasteiger partial charge on any atom is -0.478 e. The molecule has 0 saturated carbocycles. The second-order valence-electron chi connectivity index (χ2n) is 6.73. The molecule has 0 fully saturated rings. The van der Waals surface area contributed by atoms with E-state index in [0.717, 1.165) is 17.1 Å². The number of esters is 1. The molecule has 29 heavy (non-hydrogen) atoms. The van der Waals surface area contributed by atoms with Crippen LogP contribution in [0, 0.1) is 20.8 Å². The molecule has 0 aliphatic rings. The van der Waals surface area contributed by atoms with Crippen LogP contribution in [0.3, 0.4) is 0 Å². The maximum Gasteiger partial charge on any atom is 0.344 e. The van der Waals surface area contributed by atoms with E-state index in [0.29, 0.717) is 21.5 Å². The summed E-state index contributed by atoms with van der Waals surface area (Å²) >= 11 is 12.4. The van der Waals surface area contributed by atoms with Crippen LogP contribution in [0.2, 0.25) is 10.0 Å². The molecular formula is C21H20Cl2N2O4. The number of ketones is 1. The molecule has 0 amide bonds. The maximum atomic E-state index is 12.3. The third-order valence-electron chi connectivity index (χ3n) is 4.75. The van der Waals surface area contributed by atoms with E-state index in [2.05, 4.69) is 4.98 Å². The zero-order valence-electron chi connectivity index (χ0n) is 16.5. The van der Waals surface area contributed by atoms with Crippen LogP contribution in [0.15, 0.2) is 24.3 Å². The molecule has 0 spiro atoms. The average molecular weight is 435 g/mol. The van der Waals surface area contributed by atoms with Crippen LogP contribution in [-0.2, 0) is 16.6 Å². The number of fused-ring (bicyclic) bond motifs is 1. The molecule has 8 heteroatoms. The van der Waals surface area contributed by atoms with Gasteiger partial charge >= 0.3 is 5.97 Å². The summed E-state index contributed by atoms with van der Waals surface area (Å²) in [7, 11) is 1.87. The van der Waals surface area contributed by atoms with Crippen molar-refractivity contribution in [2.75, 3.05) is 13.2 Å². The number of Topliss-reactive ketones (excluding diaryl/α,β-unsaturated/α-hetero) is 1. The van der Waals surface area contributed by atoms with Crippen LogP contribution >= 0.6 is 23.2 Å². The Bertz CT molecular complexity index is 1120. The summed E-state index contributed by atoms with van der Waals surface area (Å²) in [6.07, 6.45) is 0. The van der Waals surface area contributed by atoms with Crippen molar-refractivity contribution in [2.24, 2.45) is 7.05 Å². The first kappa shape index (κ1) is 21.1. The van der Waals surface area contributed by atoms with Crippen molar-refractivity contribution in [1.82, 2.24) is 9.55 Å². The Balaban J connectivity index is 1.67. The van der Waals surface area contributed by atoms with Crippen LogP contribution < -0.4 is 4.74 Å². The Kier molecular flexibility index (Phi) is 6.15. The van der Waals surface area contributed by atoms with Gasteiger partial charge in [0.15, 0.2) is 19.0 Å².